The molecule has 0 spiro atoms. The van der Waals surface area contributed by atoms with Crippen LogP contribution in [0.25, 0.3) is 15.9 Å². The molecule has 2 heterocycles. The lowest BCUT2D eigenvalue weighted by atomic mass is 10.1. The summed E-state index contributed by atoms with van der Waals surface area (Å²) in [4.78, 5) is 19.8. The Bertz CT molecular complexity index is 1210. The first-order valence-corrected chi connectivity index (χ1v) is 10.8. The number of nitrogens with zero attached hydrogens (tertiary/aromatic N) is 4. The van der Waals surface area contributed by atoms with Crippen LogP contribution in [0.2, 0.25) is 0 Å². The van der Waals surface area contributed by atoms with Crippen molar-refractivity contribution < 1.29 is 9.18 Å². The zero-order chi connectivity index (χ0) is 20.8. The maximum Gasteiger partial charge on any atom is 0.274 e. The fourth-order valence-electron chi connectivity index (χ4n) is 3.98. The molecule has 0 aliphatic heterocycles. The molecule has 0 fully saturated rings. The Kier molecular flexibility index (Phi) is 4.62. The zero-order valence-electron chi connectivity index (χ0n) is 16.8. The molecule has 2 aromatic heterocycles. The van der Waals surface area contributed by atoms with Crippen LogP contribution < -0.4 is 0 Å². The molecule has 4 aromatic rings. The second-order valence-electron chi connectivity index (χ2n) is 7.63. The number of hydrogen-bond donors (Lipinski definition) is 0. The first-order chi connectivity index (χ1) is 14.5. The first kappa shape index (κ1) is 18.9. The summed E-state index contributed by atoms with van der Waals surface area (Å²) in [5, 5.41) is 5.56. The van der Waals surface area contributed by atoms with E-state index < -0.39 is 0 Å². The number of halogens is 1. The molecule has 0 saturated heterocycles. The largest absolute Gasteiger partial charge is 0.331 e. The van der Waals surface area contributed by atoms with Gasteiger partial charge >= 0.3 is 0 Å². The number of benzene rings is 2. The van der Waals surface area contributed by atoms with Crippen molar-refractivity contribution in [2.75, 3.05) is 7.05 Å². The van der Waals surface area contributed by atoms with Crippen molar-refractivity contribution in [3.05, 3.63) is 76.3 Å². The van der Waals surface area contributed by atoms with E-state index in [0.717, 1.165) is 51.4 Å². The highest BCUT2D eigenvalue weighted by Gasteiger charge is 2.31. The van der Waals surface area contributed by atoms with E-state index in [0.29, 0.717) is 5.69 Å². The number of carbonyl (C=O) groups excluding carboxylic acids is 1. The van der Waals surface area contributed by atoms with Gasteiger partial charge in [-0.3, -0.25) is 4.79 Å². The Morgan fingerprint density at radius 2 is 1.93 bits per heavy atom. The molecule has 1 atom stereocenters. The molecule has 0 bridgehead atoms. The molecule has 0 N–H and O–H groups in total. The number of hydrogen-bond acceptors (Lipinski definition) is 4. The average molecular weight is 421 g/mol. The summed E-state index contributed by atoms with van der Waals surface area (Å²) in [6.07, 6.45) is 2.69. The quantitative estimate of drug-likeness (QED) is 0.470. The standard InChI is InChI=1S/C23H21FN4OS/c1-14(22-25-18-7-3-4-9-20(18)30-22)27(2)23(29)21-17-6-5-8-19(17)28(26-21)16-12-10-15(24)11-13-16/h3-4,7,9-14H,5-6,8H2,1-2H3. The summed E-state index contributed by atoms with van der Waals surface area (Å²) in [5.41, 5.74) is 4.27. The highest BCUT2D eigenvalue weighted by atomic mass is 32.1. The summed E-state index contributed by atoms with van der Waals surface area (Å²) in [6, 6.07) is 14.1. The van der Waals surface area contributed by atoms with E-state index in [1.807, 2.05) is 31.2 Å². The Morgan fingerprint density at radius 3 is 2.70 bits per heavy atom. The first-order valence-electron chi connectivity index (χ1n) is 10.0. The van der Waals surface area contributed by atoms with Crippen LogP contribution in [-0.2, 0) is 12.8 Å². The smallest absolute Gasteiger partial charge is 0.274 e. The van der Waals surface area contributed by atoms with Crippen molar-refractivity contribution in [3.8, 4) is 5.69 Å². The van der Waals surface area contributed by atoms with E-state index in [-0.39, 0.29) is 17.8 Å². The Hall–Kier alpha value is -3.06. The lowest BCUT2D eigenvalue weighted by Gasteiger charge is -2.22. The van der Waals surface area contributed by atoms with E-state index in [1.54, 1.807) is 40.1 Å². The van der Waals surface area contributed by atoms with Crippen LogP contribution in [0.4, 0.5) is 4.39 Å². The average Bonchev–Trinajstić information content (AvgIpc) is 3.47. The lowest BCUT2D eigenvalue weighted by molar-refractivity contribution is 0.0735. The second kappa shape index (κ2) is 7.32. The molecule has 7 heteroatoms. The van der Waals surface area contributed by atoms with E-state index in [1.165, 1.54) is 12.1 Å². The van der Waals surface area contributed by atoms with Gasteiger partial charge in [0.1, 0.15) is 10.8 Å². The minimum Gasteiger partial charge on any atom is -0.331 e. The Balaban J connectivity index is 1.48. The molecular weight excluding hydrogens is 399 g/mol. The van der Waals surface area contributed by atoms with Gasteiger partial charge in [-0.05, 0) is 62.6 Å². The topological polar surface area (TPSA) is 51.0 Å². The molecular formula is C23H21FN4OS. The highest BCUT2D eigenvalue weighted by molar-refractivity contribution is 7.18. The van der Waals surface area contributed by atoms with Crippen LogP contribution in [0, 0.1) is 5.82 Å². The zero-order valence-corrected chi connectivity index (χ0v) is 17.6. The normalized spacial score (nSPS) is 14.1. The number of carbonyl (C=O) groups is 1. The Labute approximate surface area is 177 Å². The third-order valence-electron chi connectivity index (χ3n) is 5.77. The minimum atomic E-state index is -0.289. The van der Waals surface area contributed by atoms with Gasteiger partial charge in [-0.25, -0.2) is 14.1 Å². The predicted octanol–water partition coefficient (Wildman–Crippen LogP) is 4.94. The van der Waals surface area contributed by atoms with Gasteiger partial charge in [-0.1, -0.05) is 12.1 Å². The Morgan fingerprint density at radius 1 is 1.17 bits per heavy atom. The van der Waals surface area contributed by atoms with Crippen LogP contribution in [-0.4, -0.2) is 32.6 Å². The van der Waals surface area contributed by atoms with Crippen LogP contribution in [0.5, 0.6) is 0 Å². The van der Waals surface area contributed by atoms with Crippen molar-refractivity contribution in [2.24, 2.45) is 0 Å². The molecule has 1 aliphatic rings. The SMILES string of the molecule is CC(c1nc2ccccc2s1)N(C)C(=O)c1nn(-c2ccc(F)cc2)c2c1CCC2. The van der Waals surface area contributed by atoms with Crippen molar-refractivity contribution in [2.45, 2.75) is 32.2 Å². The summed E-state index contributed by atoms with van der Waals surface area (Å²) < 4.78 is 16.3. The fraction of sp³-hybridized carbons (Fsp3) is 0.261. The molecule has 1 aliphatic carbocycles. The van der Waals surface area contributed by atoms with Crippen LogP contribution >= 0.6 is 11.3 Å². The lowest BCUT2D eigenvalue weighted by Crippen LogP contribution is -2.30. The van der Waals surface area contributed by atoms with Gasteiger partial charge in [0, 0.05) is 18.3 Å². The van der Waals surface area contributed by atoms with Gasteiger partial charge in [-0.2, -0.15) is 5.10 Å². The summed E-state index contributed by atoms with van der Waals surface area (Å²) in [5.74, 6) is -0.399. The molecule has 0 radical (unpaired) electrons. The van der Waals surface area contributed by atoms with Gasteiger partial charge < -0.3 is 4.90 Å². The van der Waals surface area contributed by atoms with E-state index in [4.69, 9.17) is 4.98 Å². The second-order valence-corrected chi connectivity index (χ2v) is 8.69. The van der Waals surface area contributed by atoms with E-state index in [2.05, 4.69) is 5.10 Å². The minimum absolute atomic E-state index is 0.110. The van der Waals surface area contributed by atoms with Crippen LogP contribution in [0.1, 0.15) is 46.1 Å². The molecule has 1 amide bonds. The van der Waals surface area contributed by atoms with Crippen LogP contribution in [0.3, 0.4) is 0 Å². The van der Waals surface area contributed by atoms with Gasteiger partial charge in [0.05, 0.1) is 21.9 Å². The van der Waals surface area contributed by atoms with Crippen molar-refractivity contribution in [1.29, 1.82) is 0 Å². The molecule has 2 aromatic carbocycles. The maximum atomic E-state index is 13.4. The number of thiazole rings is 1. The molecule has 0 saturated carbocycles. The van der Waals surface area contributed by atoms with Gasteiger partial charge in [0.2, 0.25) is 0 Å². The third-order valence-corrected chi connectivity index (χ3v) is 6.98. The van der Waals surface area contributed by atoms with Crippen molar-refractivity contribution >= 4 is 27.5 Å². The van der Waals surface area contributed by atoms with Gasteiger partial charge in [-0.15, -0.1) is 11.3 Å². The number of para-hydroxylation sites is 1. The monoisotopic (exact) mass is 420 g/mol. The number of rotatable bonds is 4. The molecule has 5 rings (SSSR count). The molecule has 152 valence electrons. The highest BCUT2D eigenvalue weighted by Crippen LogP contribution is 2.32. The van der Waals surface area contributed by atoms with Crippen LogP contribution in [0.15, 0.2) is 48.5 Å². The maximum absolute atomic E-state index is 13.4. The van der Waals surface area contributed by atoms with Crippen molar-refractivity contribution in [3.63, 3.8) is 0 Å². The summed E-state index contributed by atoms with van der Waals surface area (Å²) in [7, 11) is 1.80. The van der Waals surface area contributed by atoms with Gasteiger partial charge in [0.25, 0.3) is 5.91 Å². The predicted molar refractivity (Wildman–Crippen MR) is 116 cm³/mol. The van der Waals surface area contributed by atoms with E-state index in [9.17, 15) is 9.18 Å². The number of amides is 1. The third kappa shape index (κ3) is 3.10. The number of fused-ring (bicyclic) bond motifs is 2. The van der Waals surface area contributed by atoms with Gasteiger partial charge in [0.15, 0.2) is 5.69 Å². The molecule has 30 heavy (non-hydrogen) atoms. The summed E-state index contributed by atoms with van der Waals surface area (Å²) in [6.45, 7) is 1.99. The molecule has 1 unspecified atom stereocenters. The number of aromatic nitrogens is 3. The van der Waals surface area contributed by atoms with E-state index >= 15 is 0 Å². The summed E-state index contributed by atoms with van der Waals surface area (Å²) >= 11 is 1.61. The molecule has 5 nitrogen and oxygen atoms in total. The van der Waals surface area contributed by atoms with Crippen molar-refractivity contribution in [1.82, 2.24) is 19.7 Å². The fourth-order valence-corrected chi connectivity index (χ4v) is 5.05.